The van der Waals surface area contributed by atoms with E-state index in [1.54, 1.807) is 12.1 Å². The molecule has 3 rings (SSSR count). The molecule has 0 fully saturated rings. The van der Waals surface area contributed by atoms with Gasteiger partial charge < -0.3 is 5.32 Å². The second-order valence-electron chi connectivity index (χ2n) is 6.76. The van der Waals surface area contributed by atoms with E-state index in [9.17, 15) is 14.4 Å². The minimum absolute atomic E-state index is 0.0992. The Kier molecular flexibility index (Phi) is 5.75. The zero-order valence-corrected chi connectivity index (χ0v) is 16.9. The normalized spacial score (nSPS) is 14.3. The molecule has 1 heterocycles. The molecule has 2 aromatic rings. The van der Waals surface area contributed by atoms with Crippen LogP contribution in [0.15, 0.2) is 46.9 Å². The summed E-state index contributed by atoms with van der Waals surface area (Å²) in [5, 5.41) is 2.95. The first kappa shape index (κ1) is 19.3. The predicted octanol–water partition coefficient (Wildman–Crippen LogP) is 4.01. The van der Waals surface area contributed by atoms with Crippen molar-refractivity contribution in [2.45, 2.75) is 32.7 Å². The molecule has 0 radical (unpaired) electrons. The maximum absolute atomic E-state index is 12.4. The van der Waals surface area contributed by atoms with Gasteiger partial charge in [-0.2, -0.15) is 0 Å². The van der Waals surface area contributed by atoms with E-state index in [1.165, 1.54) is 4.90 Å². The number of aryl methyl sites for hydroxylation is 1. The molecule has 0 unspecified atom stereocenters. The number of nitrogens with zero attached hydrogens (tertiary/aromatic N) is 1. The van der Waals surface area contributed by atoms with Crippen molar-refractivity contribution in [3.63, 3.8) is 0 Å². The molecule has 1 aliphatic heterocycles. The highest BCUT2D eigenvalue weighted by molar-refractivity contribution is 9.10. The van der Waals surface area contributed by atoms with Gasteiger partial charge in [-0.25, -0.2) is 0 Å². The molecule has 0 saturated heterocycles. The number of benzene rings is 2. The quantitative estimate of drug-likeness (QED) is 0.706. The highest BCUT2D eigenvalue weighted by Gasteiger charge is 2.34. The van der Waals surface area contributed by atoms with Gasteiger partial charge in [-0.1, -0.05) is 39.7 Å². The summed E-state index contributed by atoms with van der Waals surface area (Å²) >= 11 is 3.39. The monoisotopic (exact) mass is 428 g/mol. The first-order valence-electron chi connectivity index (χ1n) is 8.88. The molecule has 1 aliphatic rings. The lowest BCUT2D eigenvalue weighted by atomic mass is 10.1. The first-order chi connectivity index (χ1) is 12.9. The number of hydrogen-bond acceptors (Lipinski definition) is 3. The molecule has 1 atom stereocenters. The predicted molar refractivity (Wildman–Crippen MR) is 106 cm³/mol. The minimum atomic E-state index is -0.279. The molecule has 0 aliphatic carbocycles. The summed E-state index contributed by atoms with van der Waals surface area (Å²) in [7, 11) is 0. The lowest BCUT2D eigenvalue weighted by Crippen LogP contribution is -2.32. The van der Waals surface area contributed by atoms with E-state index in [0.29, 0.717) is 17.5 Å². The number of hydrogen-bond donors (Lipinski definition) is 1. The van der Waals surface area contributed by atoms with Gasteiger partial charge in [0.2, 0.25) is 5.91 Å². The van der Waals surface area contributed by atoms with Gasteiger partial charge in [0.25, 0.3) is 11.8 Å². The van der Waals surface area contributed by atoms with Crippen LogP contribution in [-0.4, -0.2) is 29.2 Å². The van der Waals surface area contributed by atoms with Gasteiger partial charge >= 0.3 is 0 Å². The molecule has 3 amide bonds. The van der Waals surface area contributed by atoms with Gasteiger partial charge in [0, 0.05) is 17.4 Å². The van der Waals surface area contributed by atoms with Crippen LogP contribution < -0.4 is 5.32 Å². The Morgan fingerprint density at radius 1 is 1.07 bits per heavy atom. The summed E-state index contributed by atoms with van der Waals surface area (Å²) in [6.45, 7) is 4.05. The van der Waals surface area contributed by atoms with E-state index >= 15 is 0 Å². The van der Waals surface area contributed by atoms with E-state index < -0.39 is 0 Å². The van der Waals surface area contributed by atoms with Crippen LogP contribution in [0, 0.1) is 6.92 Å². The molecular weight excluding hydrogens is 408 g/mol. The number of imide groups is 1. The van der Waals surface area contributed by atoms with Crippen molar-refractivity contribution in [3.8, 4) is 0 Å². The number of amides is 3. The summed E-state index contributed by atoms with van der Waals surface area (Å²) < 4.78 is 0.987. The molecule has 1 N–H and O–H groups in total. The van der Waals surface area contributed by atoms with Crippen molar-refractivity contribution < 1.29 is 14.4 Å². The lowest BCUT2D eigenvalue weighted by molar-refractivity contribution is -0.121. The summed E-state index contributed by atoms with van der Waals surface area (Å²) in [6.07, 6.45) is 0.691. The number of nitrogens with one attached hydrogen (secondary N) is 1. The lowest BCUT2D eigenvalue weighted by Gasteiger charge is -2.16. The number of fused-ring (bicyclic) bond motifs is 1. The van der Waals surface area contributed by atoms with E-state index in [4.69, 9.17) is 0 Å². The number of carbonyl (C=O) groups excluding carboxylic acids is 3. The smallest absolute Gasteiger partial charge is 0.261 e. The van der Waals surface area contributed by atoms with Crippen LogP contribution in [0.1, 0.15) is 57.7 Å². The molecule has 0 bridgehead atoms. The second kappa shape index (κ2) is 8.05. The second-order valence-corrected chi connectivity index (χ2v) is 7.67. The zero-order valence-electron chi connectivity index (χ0n) is 15.3. The highest BCUT2D eigenvalue weighted by Crippen LogP contribution is 2.24. The van der Waals surface area contributed by atoms with Crippen LogP contribution in [0.5, 0.6) is 0 Å². The van der Waals surface area contributed by atoms with Gasteiger partial charge in [0.1, 0.15) is 0 Å². The van der Waals surface area contributed by atoms with Gasteiger partial charge in [-0.3, -0.25) is 19.3 Å². The third kappa shape index (κ3) is 4.27. The molecular formula is C21H21BrN2O3. The molecule has 140 valence electrons. The first-order valence-corrected chi connectivity index (χ1v) is 9.68. The summed E-state index contributed by atoms with van der Waals surface area (Å²) in [6, 6.07) is 12.9. The summed E-state index contributed by atoms with van der Waals surface area (Å²) in [4.78, 5) is 38.2. The fraction of sp³-hybridized carbons (Fsp3) is 0.286. The molecule has 0 aromatic heterocycles. The maximum atomic E-state index is 12.4. The Balaban J connectivity index is 1.51. The van der Waals surface area contributed by atoms with Crippen LogP contribution in [0.25, 0.3) is 0 Å². The maximum Gasteiger partial charge on any atom is 0.261 e. The average molecular weight is 429 g/mol. The van der Waals surface area contributed by atoms with Crippen molar-refractivity contribution >= 4 is 33.7 Å². The van der Waals surface area contributed by atoms with Gasteiger partial charge in [0.05, 0.1) is 17.2 Å². The summed E-state index contributed by atoms with van der Waals surface area (Å²) in [5.74, 6) is -0.654. The number of carbonyl (C=O) groups is 3. The number of halogens is 1. The minimum Gasteiger partial charge on any atom is -0.350 e. The van der Waals surface area contributed by atoms with Crippen LogP contribution in [0.2, 0.25) is 0 Å². The topological polar surface area (TPSA) is 66.5 Å². The Bertz CT molecular complexity index is 893. The van der Waals surface area contributed by atoms with Gasteiger partial charge in [0.15, 0.2) is 0 Å². The molecule has 0 spiro atoms. The van der Waals surface area contributed by atoms with Gasteiger partial charge in [-0.05, 0) is 50.1 Å². The van der Waals surface area contributed by atoms with Crippen molar-refractivity contribution in [3.05, 3.63) is 69.2 Å². The molecule has 5 nitrogen and oxygen atoms in total. The third-order valence-electron chi connectivity index (χ3n) is 4.66. The molecule has 2 aromatic carbocycles. The Hall–Kier alpha value is -2.47. The van der Waals surface area contributed by atoms with Crippen molar-refractivity contribution in [2.24, 2.45) is 0 Å². The highest BCUT2D eigenvalue weighted by atomic mass is 79.9. The van der Waals surface area contributed by atoms with Crippen molar-refractivity contribution in [2.75, 3.05) is 6.54 Å². The van der Waals surface area contributed by atoms with E-state index in [0.717, 1.165) is 15.6 Å². The zero-order chi connectivity index (χ0) is 19.6. The Morgan fingerprint density at radius 3 is 2.44 bits per heavy atom. The largest absolute Gasteiger partial charge is 0.350 e. The standard InChI is InChI=1S/C21H21BrN2O3/c1-13-5-10-17-18(12-13)21(27)24(20(17)26)11-3-4-19(25)23-14(2)15-6-8-16(22)9-7-15/h5-10,12,14H,3-4,11H2,1-2H3,(H,23,25)/t14-/m1/s1. The van der Waals surface area contributed by atoms with Crippen LogP contribution in [0.3, 0.4) is 0 Å². The molecule has 27 heavy (non-hydrogen) atoms. The van der Waals surface area contributed by atoms with Gasteiger partial charge in [-0.15, -0.1) is 0 Å². The molecule has 0 saturated carbocycles. The van der Waals surface area contributed by atoms with E-state index in [1.807, 2.05) is 44.2 Å². The van der Waals surface area contributed by atoms with Crippen molar-refractivity contribution in [1.29, 1.82) is 0 Å². The fourth-order valence-corrected chi connectivity index (χ4v) is 3.42. The van der Waals surface area contributed by atoms with Crippen molar-refractivity contribution in [1.82, 2.24) is 10.2 Å². The van der Waals surface area contributed by atoms with Crippen LogP contribution >= 0.6 is 15.9 Å². The van der Waals surface area contributed by atoms with E-state index in [2.05, 4.69) is 21.2 Å². The van der Waals surface area contributed by atoms with E-state index in [-0.39, 0.29) is 36.7 Å². The fourth-order valence-electron chi connectivity index (χ4n) is 3.15. The Morgan fingerprint density at radius 2 is 1.74 bits per heavy atom. The summed E-state index contributed by atoms with van der Waals surface area (Å²) in [5.41, 5.74) is 2.85. The van der Waals surface area contributed by atoms with Crippen LogP contribution in [-0.2, 0) is 4.79 Å². The Labute approximate surface area is 166 Å². The third-order valence-corrected chi connectivity index (χ3v) is 5.19. The average Bonchev–Trinajstić information content (AvgIpc) is 2.86. The SMILES string of the molecule is Cc1ccc2c(c1)C(=O)N(CCCC(=O)N[C@H](C)c1ccc(Br)cc1)C2=O. The van der Waals surface area contributed by atoms with Crippen LogP contribution in [0.4, 0.5) is 0 Å². The molecule has 6 heteroatoms. The number of rotatable bonds is 6.